The second-order valence-corrected chi connectivity index (χ2v) is 9.15. The molecule has 2 aliphatic rings. The molecule has 1 atom stereocenters. The molecule has 2 fully saturated rings. The van der Waals surface area contributed by atoms with E-state index >= 15 is 0 Å². The van der Waals surface area contributed by atoms with Gasteiger partial charge < -0.3 is 24.4 Å². The normalized spacial score (nSPS) is 18.2. The summed E-state index contributed by atoms with van der Waals surface area (Å²) in [6.07, 6.45) is 7.27. The molecular weight excluding hydrogens is 442 g/mol. The van der Waals surface area contributed by atoms with E-state index in [-0.39, 0.29) is 0 Å². The highest BCUT2D eigenvalue weighted by Crippen LogP contribution is 2.27. The van der Waals surface area contributed by atoms with Crippen molar-refractivity contribution in [2.45, 2.75) is 32.8 Å². The van der Waals surface area contributed by atoms with Crippen LogP contribution in [0.2, 0.25) is 0 Å². The first-order valence-electron chi connectivity index (χ1n) is 12.8. The van der Waals surface area contributed by atoms with Gasteiger partial charge in [-0.15, -0.1) is 6.58 Å². The molecule has 35 heavy (non-hydrogen) atoms. The average Bonchev–Trinajstić information content (AvgIpc) is 3.57. The molecule has 1 unspecified atom stereocenters. The maximum absolute atomic E-state index is 6.14. The monoisotopic (exact) mass is 481 g/mol. The summed E-state index contributed by atoms with van der Waals surface area (Å²) in [4.78, 5) is 14.0. The lowest BCUT2D eigenvalue weighted by atomic mass is 10.1. The van der Waals surface area contributed by atoms with Gasteiger partial charge in [0.25, 0.3) is 0 Å². The molecule has 4 rings (SSSR count). The Hall–Kier alpha value is -2.68. The zero-order valence-corrected chi connectivity index (χ0v) is 21.0. The Kier molecular flexibility index (Phi) is 9.74. The van der Waals surface area contributed by atoms with Gasteiger partial charge in [0.1, 0.15) is 18.2 Å². The van der Waals surface area contributed by atoms with Crippen LogP contribution in [0, 0.1) is 5.92 Å². The largest absolute Gasteiger partial charge is 0.492 e. The first-order chi connectivity index (χ1) is 17.2. The third-order valence-corrected chi connectivity index (χ3v) is 6.48. The molecule has 2 aliphatic heterocycles. The van der Waals surface area contributed by atoms with Crippen LogP contribution < -0.4 is 15.0 Å². The van der Waals surface area contributed by atoms with E-state index in [1.807, 2.05) is 31.3 Å². The molecule has 3 heterocycles. The van der Waals surface area contributed by atoms with Gasteiger partial charge in [-0.05, 0) is 63.5 Å². The van der Waals surface area contributed by atoms with Gasteiger partial charge in [-0.2, -0.15) is 4.98 Å². The Morgan fingerprint density at radius 3 is 2.89 bits per heavy atom. The molecule has 0 radical (unpaired) electrons. The van der Waals surface area contributed by atoms with Gasteiger partial charge in [-0.25, -0.2) is 4.98 Å². The van der Waals surface area contributed by atoms with E-state index in [4.69, 9.17) is 19.2 Å². The van der Waals surface area contributed by atoms with E-state index in [0.717, 1.165) is 62.1 Å². The van der Waals surface area contributed by atoms with Gasteiger partial charge in [0.15, 0.2) is 0 Å². The number of hydrogen-bond acceptors (Lipinski definition) is 8. The second-order valence-electron chi connectivity index (χ2n) is 9.15. The molecule has 190 valence electrons. The number of ether oxygens (including phenoxy) is 3. The molecule has 8 nitrogen and oxygen atoms in total. The fourth-order valence-electron chi connectivity index (χ4n) is 4.63. The summed E-state index contributed by atoms with van der Waals surface area (Å²) in [6, 6.07) is 8.03. The van der Waals surface area contributed by atoms with E-state index in [1.165, 1.54) is 25.9 Å². The first-order valence-corrected chi connectivity index (χ1v) is 12.8. The minimum Gasteiger partial charge on any atom is -0.492 e. The van der Waals surface area contributed by atoms with Crippen molar-refractivity contribution in [2.24, 2.45) is 5.92 Å². The Bertz CT molecular complexity index is 935. The zero-order chi connectivity index (χ0) is 24.3. The van der Waals surface area contributed by atoms with Crippen molar-refractivity contribution in [1.82, 2.24) is 14.9 Å². The van der Waals surface area contributed by atoms with E-state index in [9.17, 15) is 0 Å². The highest BCUT2D eigenvalue weighted by molar-refractivity contribution is 5.58. The number of anilines is 3. The number of nitrogens with one attached hydrogen (secondary N) is 1. The Morgan fingerprint density at radius 2 is 2.06 bits per heavy atom. The molecule has 0 saturated carbocycles. The Balaban J connectivity index is 1.39. The molecule has 1 N–H and O–H groups in total. The van der Waals surface area contributed by atoms with Crippen molar-refractivity contribution >= 4 is 17.5 Å². The summed E-state index contributed by atoms with van der Waals surface area (Å²) in [7, 11) is 0. The molecule has 0 amide bonds. The Morgan fingerprint density at radius 1 is 1.17 bits per heavy atom. The van der Waals surface area contributed by atoms with Crippen LogP contribution in [0.25, 0.3) is 0 Å². The summed E-state index contributed by atoms with van der Waals surface area (Å²) >= 11 is 0. The van der Waals surface area contributed by atoms with Crippen LogP contribution in [0.15, 0.2) is 43.1 Å². The number of hydrogen-bond donors (Lipinski definition) is 1. The molecule has 0 spiro atoms. The molecule has 0 bridgehead atoms. The molecule has 0 aliphatic carbocycles. The average molecular weight is 482 g/mol. The molecular formula is C27H39N5O3. The van der Waals surface area contributed by atoms with Crippen LogP contribution in [0.3, 0.4) is 0 Å². The number of nitrogens with zero attached hydrogens (tertiary/aromatic N) is 4. The SMILES string of the molecule is C=CCOCc1cc(Nc2nccc(N3CCC(COCC)C3)n2)ccc1OCCN1CCCC1. The maximum Gasteiger partial charge on any atom is 0.229 e. The lowest BCUT2D eigenvalue weighted by Gasteiger charge is -2.19. The van der Waals surface area contributed by atoms with Gasteiger partial charge >= 0.3 is 0 Å². The van der Waals surface area contributed by atoms with Gasteiger partial charge in [0.05, 0.1) is 19.8 Å². The van der Waals surface area contributed by atoms with Crippen molar-refractivity contribution < 1.29 is 14.2 Å². The first kappa shape index (κ1) is 25.4. The van der Waals surface area contributed by atoms with Crippen molar-refractivity contribution in [3.8, 4) is 5.75 Å². The number of aromatic nitrogens is 2. The maximum atomic E-state index is 6.14. The van der Waals surface area contributed by atoms with Crippen LogP contribution in [-0.2, 0) is 16.1 Å². The number of rotatable bonds is 14. The van der Waals surface area contributed by atoms with Crippen molar-refractivity contribution in [3.63, 3.8) is 0 Å². The quantitative estimate of drug-likeness (QED) is 0.317. The summed E-state index contributed by atoms with van der Waals surface area (Å²) in [5.74, 6) is 2.93. The smallest absolute Gasteiger partial charge is 0.229 e. The van der Waals surface area contributed by atoms with Crippen LogP contribution in [-0.4, -0.2) is 74.0 Å². The third kappa shape index (κ3) is 7.65. The summed E-state index contributed by atoms with van der Waals surface area (Å²) in [5.41, 5.74) is 1.90. The highest BCUT2D eigenvalue weighted by atomic mass is 16.5. The third-order valence-electron chi connectivity index (χ3n) is 6.48. The summed E-state index contributed by atoms with van der Waals surface area (Å²) in [6.45, 7) is 14.2. The van der Waals surface area contributed by atoms with Crippen LogP contribution in [0.5, 0.6) is 5.75 Å². The summed E-state index contributed by atoms with van der Waals surface area (Å²) in [5, 5.41) is 3.36. The van der Waals surface area contributed by atoms with Gasteiger partial charge in [-0.1, -0.05) is 6.08 Å². The molecule has 1 aromatic carbocycles. The lowest BCUT2D eigenvalue weighted by molar-refractivity contribution is 0.117. The van der Waals surface area contributed by atoms with Crippen LogP contribution in [0.4, 0.5) is 17.5 Å². The van der Waals surface area contributed by atoms with Gasteiger partial charge in [-0.3, -0.25) is 4.90 Å². The topological polar surface area (TPSA) is 72.0 Å². The van der Waals surface area contributed by atoms with Crippen molar-refractivity contribution in [1.29, 1.82) is 0 Å². The molecule has 2 aromatic rings. The van der Waals surface area contributed by atoms with Crippen molar-refractivity contribution in [2.75, 3.05) is 69.4 Å². The Labute approximate surface area is 209 Å². The van der Waals surface area contributed by atoms with Crippen LogP contribution >= 0.6 is 0 Å². The minimum atomic E-state index is 0.455. The summed E-state index contributed by atoms with van der Waals surface area (Å²) < 4.78 is 17.5. The highest BCUT2D eigenvalue weighted by Gasteiger charge is 2.24. The van der Waals surface area contributed by atoms with Crippen molar-refractivity contribution in [3.05, 3.63) is 48.7 Å². The number of likely N-dealkylation sites (tertiary alicyclic amines) is 1. The van der Waals surface area contributed by atoms with Gasteiger partial charge in [0, 0.05) is 49.6 Å². The fraction of sp³-hybridized carbons (Fsp3) is 0.556. The van der Waals surface area contributed by atoms with Crippen LogP contribution in [0.1, 0.15) is 31.7 Å². The standard InChI is InChI=1S/C27H39N5O3/c1-3-16-34-21-23-18-24(7-8-25(23)35-17-15-31-12-5-6-13-31)29-27-28-11-9-26(30-27)32-14-10-22(19-32)20-33-4-2/h3,7-9,11,18,22H,1,4-6,10,12-17,19-21H2,2H3,(H,28,29,30). The second kappa shape index (κ2) is 13.4. The molecule has 8 heteroatoms. The minimum absolute atomic E-state index is 0.455. The fourth-order valence-corrected chi connectivity index (χ4v) is 4.63. The molecule has 1 aromatic heterocycles. The van der Waals surface area contributed by atoms with E-state index in [2.05, 4.69) is 32.7 Å². The van der Waals surface area contributed by atoms with E-state index in [0.29, 0.717) is 31.7 Å². The predicted molar refractivity (Wildman–Crippen MR) is 140 cm³/mol. The van der Waals surface area contributed by atoms with E-state index in [1.54, 1.807) is 6.08 Å². The predicted octanol–water partition coefficient (Wildman–Crippen LogP) is 4.26. The van der Waals surface area contributed by atoms with E-state index < -0.39 is 0 Å². The van der Waals surface area contributed by atoms with Gasteiger partial charge in [0.2, 0.25) is 5.95 Å². The number of benzene rings is 1. The lowest BCUT2D eigenvalue weighted by Crippen LogP contribution is -2.25. The molecule has 2 saturated heterocycles. The zero-order valence-electron chi connectivity index (χ0n) is 21.0.